The Morgan fingerprint density at radius 2 is 1.90 bits per heavy atom. The predicted octanol–water partition coefficient (Wildman–Crippen LogP) is 4.68. The van der Waals surface area contributed by atoms with Crippen LogP contribution in [0, 0.1) is 5.82 Å². The standard InChI is InChI=1S/C23H26FNO4/c1-23(2,3)29-22(28)25-20(11-12-21(25)27)19(16-7-9-17(24)10-8-16)14-15-5-4-6-18(26)13-15/h7-13,19-20H,4-6,14H2,1-3H3. The van der Waals surface area contributed by atoms with Crippen molar-refractivity contribution >= 4 is 17.8 Å². The molecule has 29 heavy (non-hydrogen) atoms. The van der Waals surface area contributed by atoms with E-state index in [1.54, 1.807) is 45.1 Å². The Morgan fingerprint density at radius 3 is 2.52 bits per heavy atom. The van der Waals surface area contributed by atoms with Gasteiger partial charge in [0.05, 0.1) is 6.04 Å². The minimum absolute atomic E-state index is 0.0890. The Balaban J connectivity index is 1.94. The number of rotatable bonds is 4. The number of nitrogens with zero attached hydrogens (tertiary/aromatic N) is 1. The number of ether oxygens (including phenoxy) is 1. The lowest BCUT2D eigenvalue weighted by Crippen LogP contribution is -2.45. The smallest absolute Gasteiger partial charge is 0.417 e. The number of hydrogen-bond acceptors (Lipinski definition) is 4. The van der Waals surface area contributed by atoms with Crippen LogP contribution in [0.2, 0.25) is 0 Å². The van der Waals surface area contributed by atoms with E-state index in [1.807, 2.05) is 0 Å². The minimum atomic E-state index is -0.742. The molecule has 2 aliphatic rings. The first-order valence-electron chi connectivity index (χ1n) is 9.86. The Labute approximate surface area is 170 Å². The van der Waals surface area contributed by atoms with Crippen LogP contribution >= 0.6 is 0 Å². The molecule has 5 nitrogen and oxygen atoms in total. The number of allylic oxidation sites excluding steroid dienone is 2. The second-order valence-electron chi connectivity index (χ2n) is 8.52. The predicted molar refractivity (Wildman–Crippen MR) is 107 cm³/mol. The molecule has 0 radical (unpaired) electrons. The molecule has 154 valence electrons. The van der Waals surface area contributed by atoms with E-state index < -0.39 is 23.6 Å². The van der Waals surface area contributed by atoms with Crippen LogP contribution in [-0.4, -0.2) is 34.3 Å². The highest BCUT2D eigenvalue weighted by atomic mass is 19.1. The average molecular weight is 399 g/mol. The number of ketones is 1. The van der Waals surface area contributed by atoms with Gasteiger partial charge in [0, 0.05) is 18.4 Å². The minimum Gasteiger partial charge on any atom is -0.443 e. The van der Waals surface area contributed by atoms with Gasteiger partial charge in [-0.3, -0.25) is 9.59 Å². The van der Waals surface area contributed by atoms with Crippen LogP contribution in [0.5, 0.6) is 0 Å². The maximum Gasteiger partial charge on any atom is 0.417 e. The lowest BCUT2D eigenvalue weighted by atomic mass is 9.82. The van der Waals surface area contributed by atoms with E-state index in [4.69, 9.17) is 4.74 Å². The summed E-state index contributed by atoms with van der Waals surface area (Å²) in [5, 5.41) is 0. The Bertz CT molecular complexity index is 864. The first-order chi connectivity index (χ1) is 13.6. The molecule has 1 aromatic carbocycles. The zero-order valence-electron chi connectivity index (χ0n) is 17.0. The molecule has 1 aliphatic carbocycles. The van der Waals surface area contributed by atoms with Crippen molar-refractivity contribution in [3.05, 3.63) is 59.4 Å². The van der Waals surface area contributed by atoms with Crippen LogP contribution in [0.1, 0.15) is 57.9 Å². The van der Waals surface area contributed by atoms with Gasteiger partial charge in [0.2, 0.25) is 0 Å². The van der Waals surface area contributed by atoms with E-state index in [0.717, 1.165) is 28.9 Å². The van der Waals surface area contributed by atoms with Crippen LogP contribution in [0.25, 0.3) is 0 Å². The monoisotopic (exact) mass is 399 g/mol. The van der Waals surface area contributed by atoms with Gasteiger partial charge in [0.25, 0.3) is 5.91 Å². The number of imide groups is 1. The van der Waals surface area contributed by atoms with Gasteiger partial charge in [-0.25, -0.2) is 14.1 Å². The molecule has 1 aliphatic heterocycles. The van der Waals surface area contributed by atoms with E-state index >= 15 is 0 Å². The van der Waals surface area contributed by atoms with Crippen LogP contribution in [0.3, 0.4) is 0 Å². The van der Waals surface area contributed by atoms with Crippen molar-refractivity contribution in [1.82, 2.24) is 4.90 Å². The second kappa shape index (κ2) is 8.31. The first kappa shape index (κ1) is 21.0. The maximum absolute atomic E-state index is 13.5. The third kappa shape index (κ3) is 5.19. The first-order valence-corrected chi connectivity index (χ1v) is 9.86. The van der Waals surface area contributed by atoms with Crippen molar-refractivity contribution in [1.29, 1.82) is 0 Å². The molecular formula is C23H26FNO4. The largest absolute Gasteiger partial charge is 0.443 e. The number of hydrogen-bond donors (Lipinski definition) is 0. The molecule has 6 heteroatoms. The van der Waals surface area contributed by atoms with Crippen LogP contribution in [0.15, 0.2) is 48.1 Å². The van der Waals surface area contributed by atoms with E-state index in [0.29, 0.717) is 12.8 Å². The Morgan fingerprint density at radius 1 is 1.21 bits per heavy atom. The summed E-state index contributed by atoms with van der Waals surface area (Å²) in [4.78, 5) is 38.2. The van der Waals surface area contributed by atoms with Crippen molar-refractivity contribution in [3.63, 3.8) is 0 Å². The second-order valence-corrected chi connectivity index (χ2v) is 8.52. The highest BCUT2D eigenvalue weighted by Crippen LogP contribution is 2.36. The van der Waals surface area contributed by atoms with Crippen molar-refractivity contribution in [2.24, 2.45) is 0 Å². The molecule has 2 unspecified atom stereocenters. The van der Waals surface area contributed by atoms with Gasteiger partial charge in [0.15, 0.2) is 5.78 Å². The zero-order chi connectivity index (χ0) is 21.2. The fourth-order valence-electron chi connectivity index (χ4n) is 3.78. The van der Waals surface area contributed by atoms with Gasteiger partial charge in [-0.15, -0.1) is 0 Å². The van der Waals surface area contributed by atoms with Crippen LogP contribution in [-0.2, 0) is 14.3 Å². The third-order valence-corrected chi connectivity index (χ3v) is 5.04. The molecule has 0 aromatic heterocycles. The number of benzene rings is 1. The SMILES string of the molecule is CC(C)(C)OC(=O)N1C(=O)C=CC1C(CC1=CC(=O)CCC1)c1ccc(F)cc1. The van der Waals surface area contributed by atoms with E-state index in [-0.39, 0.29) is 17.5 Å². The number of amides is 2. The third-order valence-electron chi connectivity index (χ3n) is 5.04. The number of carbonyl (C=O) groups is 3. The van der Waals surface area contributed by atoms with Gasteiger partial charge < -0.3 is 4.74 Å². The molecule has 0 bridgehead atoms. The summed E-state index contributed by atoms with van der Waals surface area (Å²) < 4.78 is 18.9. The summed E-state index contributed by atoms with van der Waals surface area (Å²) in [5.74, 6) is -1.01. The normalized spacial score (nSPS) is 20.6. The summed E-state index contributed by atoms with van der Waals surface area (Å²) >= 11 is 0. The van der Waals surface area contributed by atoms with Gasteiger partial charge in [-0.1, -0.05) is 23.8 Å². The molecule has 0 N–H and O–H groups in total. The van der Waals surface area contributed by atoms with Crippen molar-refractivity contribution in [2.75, 3.05) is 0 Å². The lowest BCUT2D eigenvalue weighted by molar-refractivity contribution is -0.125. The molecule has 0 fully saturated rings. The molecular weight excluding hydrogens is 373 g/mol. The molecule has 0 saturated carbocycles. The summed E-state index contributed by atoms with van der Waals surface area (Å²) in [7, 11) is 0. The highest BCUT2D eigenvalue weighted by molar-refractivity contribution is 6.01. The summed E-state index contributed by atoms with van der Waals surface area (Å²) in [6, 6.07) is 5.48. The molecule has 0 saturated heterocycles. The molecule has 3 rings (SSSR count). The van der Waals surface area contributed by atoms with Crippen molar-refractivity contribution in [2.45, 2.75) is 64.0 Å². The molecule has 2 atom stereocenters. The van der Waals surface area contributed by atoms with Crippen molar-refractivity contribution < 1.29 is 23.5 Å². The van der Waals surface area contributed by atoms with Gasteiger partial charge in [0.1, 0.15) is 11.4 Å². The van der Waals surface area contributed by atoms with E-state index in [1.165, 1.54) is 18.2 Å². The lowest BCUT2D eigenvalue weighted by Gasteiger charge is -2.33. The summed E-state index contributed by atoms with van der Waals surface area (Å²) in [5.41, 5.74) is 1.03. The molecule has 1 heterocycles. The number of carbonyl (C=O) groups excluding carboxylic acids is 3. The quantitative estimate of drug-likeness (QED) is 0.737. The average Bonchev–Trinajstić information content (AvgIpc) is 3.01. The van der Waals surface area contributed by atoms with Crippen LogP contribution < -0.4 is 0 Å². The van der Waals surface area contributed by atoms with Crippen molar-refractivity contribution in [3.8, 4) is 0 Å². The van der Waals surface area contributed by atoms with Gasteiger partial charge in [-0.2, -0.15) is 0 Å². The Kier molecular flexibility index (Phi) is 6.01. The maximum atomic E-state index is 13.5. The molecule has 2 amide bonds. The summed E-state index contributed by atoms with van der Waals surface area (Å²) in [6.07, 6.45) is 6.62. The fraction of sp³-hybridized carbons (Fsp3) is 0.435. The van der Waals surface area contributed by atoms with Gasteiger partial charge in [-0.05, 0) is 63.8 Å². The molecule has 1 aromatic rings. The fourth-order valence-corrected chi connectivity index (χ4v) is 3.78. The summed E-state index contributed by atoms with van der Waals surface area (Å²) in [6.45, 7) is 5.22. The van der Waals surface area contributed by atoms with E-state index in [2.05, 4.69) is 0 Å². The van der Waals surface area contributed by atoms with E-state index in [9.17, 15) is 18.8 Å². The van der Waals surface area contributed by atoms with Gasteiger partial charge >= 0.3 is 6.09 Å². The zero-order valence-corrected chi connectivity index (χ0v) is 17.0. The Hall–Kier alpha value is -2.76. The number of halogens is 1. The topological polar surface area (TPSA) is 63.7 Å². The molecule has 0 spiro atoms. The highest BCUT2D eigenvalue weighted by Gasteiger charge is 2.40. The van der Waals surface area contributed by atoms with Crippen LogP contribution in [0.4, 0.5) is 9.18 Å².